The number of pyridine rings is 1. The van der Waals surface area contributed by atoms with E-state index >= 15 is 0 Å². The van der Waals surface area contributed by atoms with E-state index in [4.69, 9.17) is 0 Å². The smallest absolute Gasteiger partial charge is 0.280 e. The molecule has 0 atom stereocenters. The molecule has 1 aliphatic rings. The second-order valence-corrected chi connectivity index (χ2v) is 6.84. The SMILES string of the molecule is O=C(CCN1C(=O)c2cccnc2C1=O)Nc1ncc(Br)s1. The summed E-state index contributed by atoms with van der Waals surface area (Å²) in [7, 11) is 0. The van der Waals surface area contributed by atoms with Crippen molar-refractivity contribution in [1.29, 1.82) is 0 Å². The number of halogens is 1. The summed E-state index contributed by atoms with van der Waals surface area (Å²) >= 11 is 4.53. The number of aromatic nitrogens is 2. The highest BCUT2D eigenvalue weighted by Gasteiger charge is 2.36. The molecule has 0 aliphatic carbocycles. The van der Waals surface area contributed by atoms with E-state index < -0.39 is 11.8 Å². The molecule has 3 rings (SSSR count). The van der Waals surface area contributed by atoms with Gasteiger partial charge in [-0.25, -0.2) is 4.98 Å². The number of fused-ring (bicyclic) bond motifs is 1. The number of carbonyl (C=O) groups excluding carboxylic acids is 3. The number of imide groups is 1. The second kappa shape index (κ2) is 5.93. The molecule has 0 radical (unpaired) electrons. The summed E-state index contributed by atoms with van der Waals surface area (Å²) < 4.78 is 0.800. The maximum Gasteiger partial charge on any atom is 0.280 e. The first-order valence-electron chi connectivity index (χ1n) is 6.28. The number of carbonyl (C=O) groups is 3. The van der Waals surface area contributed by atoms with E-state index in [0.29, 0.717) is 5.13 Å². The molecular formula is C13H9BrN4O3S. The van der Waals surface area contributed by atoms with Crippen molar-refractivity contribution >= 4 is 50.1 Å². The second-order valence-electron chi connectivity index (χ2n) is 4.43. The highest BCUT2D eigenvalue weighted by Crippen LogP contribution is 2.23. The highest BCUT2D eigenvalue weighted by atomic mass is 79.9. The lowest BCUT2D eigenvalue weighted by atomic mass is 10.2. The average molecular weight is 381 g/mol. The summed E-state index contributed by atoms with van der Waals surface area (Å²) in [6.07, 6.45) is 3.04. The van der Waals surface area contributed by atoms with Crippen molar-refractivity contribution in [1.82, 2.24) is 14.9 Å². The largest absolute Gasteiger partial charge is 0.302 e. The molecule has 1 N–H and O–H groups in total. The predicted molar refractivity (Wildman–Crippen MR) is 82.7 cm³/mol. The monoisotopic (exact) mass is 380 g/mol. The van der Waals surface area contributed by atoms with Gasteiger partial charge in [-0.2, -0.15) is 0 Å². The third-order valence-electron chi connectivity index (χ3n) is 3.02. The van der Waals surface area contributed by atoms with Crippen LogP contribution in [0.25, 0.3) is 0 Å². The first-order valence-corrected chi connectivity index (χ1v) is 7.89. The Morgan fingerprint density at radius 2 is 2.14 bits per heavy atom. The molecule has 9 heteroatoms. The Bertz CT molecular complexity index is 741. The maximum atomic E-state index is 12.1. The minimum Gasteiger partial charge on any atom is -0.302 e. The Kier molecular flexibility index (Phi) is 3.99. The summed E-state index contributed by atoms with van der Waals surface area (Å²) in [5, 5.41) is 3.07. The van der Waals surface area contributed by atoms with Gasteiger partial charge >= 0.3 is 0 Å². The van der Waals surface area contributed by atoms with Crippen LogP contribution in [0, 0.1) is 0 Å². The van der Waals surface area contributed by atoms with E-state index in [2.05, 4.69) is 31.2 Å². The lowest BCUT2D eigenvalue weighted by molar-refractivity contribution is -0.116. The molecule has 0 saturated carbocycles. The van der Waals surface area contributed by atoms with Gasteiger partial charge in [-0.3, -0.25) is 24.3 Å². The number of thiazole rings is 1. The molecule has 0 unspecified atom stereocenters. The van der Waals surface area contributed by atoms with Crippen LogP contribution >= 0.6 is 27.3 Å². The fourth-order valence-corrected chi connectivity index (χ4v) is 3.15. The van der Waals surface area contributed by atoms with E-state index in [1.807, 2.05) is 0 Å². The van der Waals surface area contributed by atoms with Gasteiger partial charge in [-0.1, -0.05) is 11.3 Å². The third-order valence-corrected chi connectivity index (χ3v) is 4.41. The lowest BCUT2D eigenvalue weighted by Gasteiger charge is -2.12. The Labute approximate surface area is 137 Å². The van der Waals surface area contributed by atoms with Crippen LogP contribution in [0.3, 0.4) is 0 Å². The van der Waals surface area contributed by atoms with Crippen LogP contribution in [-0.2, 0) is 4.79 Å². The first-order chi connectivity index (χ1) is 10.6. The normalized spacial score (nSPS) is 13.4. The van der Waals surface area contributed by atoms with Crippen LogP contribution in [-0.4, -0.2) is 39.1 Å². The number of hydrogen-bond donors (Lipinski definition) is 1. The summed E-state index contributed by atoms with van der Waals surface area (Å²) in [6, 6.07) is 3.15. The van der Waals surface area contributed by atoms with Crippen molar-refractivity contribution in [2.24, 2.45) is 0 Å². The van der Waals surface area contributed by atoms with Crippen LogP contribution < -0.4 is 5.32 Å². The quantitative estimate of drug-likeness (QED) is 0.817. The van der Waals surface area contributed by atoms with Crippen molar-refractivity contribution in [3.63, 3.8) is 0 Å². The number of amides is 3. The maximum absolute atomic E-state index is 12.1. The molecule has 2 aromatic heterocycles. The number of hydrogen-bond acceptors (Lipinski definition) is 6. The minimum atomic E-state index is -0.467. The van der Waals surface area contributed by atoms with Crippen molar-refractivity contribution < 1.29 is 14.4 Å². The molecule has 0 bridgehead atoms. The number of nitrogens with one attached hydrogen (secondary N) is 1. The van der Waals surface area contributed by atoms with Crippen LogP contribution in [0.5, 0.6) is 0 Å². The molecule has 0 saturated heterocycles. The van der Waals surface area contributed by atoms with Gasteiger partial charge in [-0.05, 0) is 28.1 Å². The Morgan fingerprint density at radius 3 is 2.82 bits per heavy atom. The average Bonchev–Trinajstić information content (AvgIpc) is 3.01. The Balaban J connectivity index is 1.62. The summed E-state index contributed by atoms with van der Waals surface area (Å²) in [5.41, 5.74) is 0.411. The molecule has 3 heterocycles. The number of nitrogens with zero attached hydrogens (tertiary/aromatic N) is 3. The zero-order valence-electron chi connectivity index (χ0n) is 11.1. The molecule has 2 aromatic rings. The molecule has 7 nitrogen and oxygen atoms in total. The molecule has 22 heavy (non-hydrogen) atoms. The van der Waals surface area contributed by atoms with Crippen molar-refractivity contribution in [3.05, 3.63) is 39.6 Å². The van der Waals surface area contributed by atoms with Gasteiger partial charge < -0.3 is 5.32 Å². The van der Waals surface area contributed by atoms with E-state index in [1.54, 1.807) is 18.3 Å². The van der Waals surface area contributed by atoms with Gasteiger partial charge in [0, 0.05) is 19.2 Å². The highest BCUT2D eigenvalue weighted by molar-refractivity contribution is 9.11. The first kappa shape index (κ1) is 14.8. The molecule has 112 valence electrons. The van der Waals surface area contributed by atoms with Crippen LogP contribution in [0.15, 0.2) is 28.3 Å². The lowest BCUT2D eigenvalue weighted by Crippen LogP contribution is -2.33. The van der Waals surface area contributed by atoms with Gasteiger partial charge in [-0.15, -0.1) is 0 Å². The van der Waals surface area contributed by atoms with Crippen LogP contribution in [0.1, 0.15) is 27.3 Å². The summed E-state index contributed by atoms with van der Waals surface area (Å²) in [6.45, 7) is 0.00635. The van der Waals surface area contributed by atoms with E-state index in [0.717, 1.165) is 8.69 Å². The fraction of sp³-hybridized carbons (Fsp3) is 0.154. The number of anilines is 1. The van der Waals surface area contributed by atoms with Gasteiger partial charge in [0.15, 0.2) is 5.13 Å². The van der Waals surface area contributed by atoms with E-state index in [9.17, 15) is 14.4 Å². The topological polar surface area (TPSA) is 92.3 Å². The molecular weight excluding hydrogens is 372 g/mol. The van der Waals surface area contributed by atoms with Crippen molar-refractivity contribution in [3.8, 4) is 0 Å². The van der Waals surface area contributed by atoms with Crippen LogP contribution in [0.2, 0.25) is 0 Å². The Hall–Kier alpha value is -2.13. The molecule has 0 aromatic carbocycles. The fourth-order valence-electron chi connectivity index (χ4n) is 2.02. The van der Waals surface area contributed by atoms with Gasteiger partial charge in [0.25, 0.3) is 11.8 Å². The summed E-state index contributed by atoms with van der Waals surface area (Å²) in [5.74, 6) is -1.20. The molecule has 3 amide bonds. The van der Waals surface area contributed by atoms with Gasteiger partial charge in [0.05, 0.1) is 15.5 Å². The van der Waals surface area contributed by atoms with Gasteiger partial charge in [0.1, 0.15) is 5.69 Å². The molecule has 0 spiro atoms. The van der Waals surface area contributed by atoms with Gasteiger partial charge in [0.2, 0.25) is 5.91 Å². The molecule has 1 aliphatic heterocycles. The van der Waals surface area contributed by atoms with E-state index in [-0.39, 0.29) is 30.1 Å². The zero-order valence-corrected chi connectivity index (χ0v) is 13.5. The van der Waals surface area contributed by atoms with Crippen molar-refractivity contribution in [2.45, 2.75) is 6.42 Å². The van der Waals surface area contributed by atoms with E-state index in [1.165, 1.54) is 17.5 Å². The number of rotatable bonds is 4. The predicted octanol–water partition coefficient (Wildman–Crippen LogP) is 1.93. The standard InChI is InChI=1S/C13H9BrN4O3S/c14-8-6-16-13(22-8)17-9(19)3-5-18-11(20)7-2-1-4-15-10(7)12(18)21/h1-2,4,6H,3,5H2,(H,16,17,19). The third kappa shape index (κ3) is 2.77. The Morgan fingerprint density at radius 1 is 1.32 bits per heavy atom. The zero-order chi connectivity index (χ0) is 15.7. The molecule has 0 fully saturated rings. The van der Waals surface area contributed by atoms with Crippen LogP contribution in [0.4, 0.5) is 5.13 Å². The minimum absolute atomic E-state index is 0.00265. The summed E-state index contributed by atoms with van der Waals surface area (Å²) in [4.78, 5) is 44.9. The van der Waals surface area contributed by atoms with Crippen molar-refractivity contribution in [2.75, 3.05) is 11.9 Å².